The smallest absolute Gasteiger partial charge is 0.381 e. The summed E-state index contributed by atoms with van der Waals surface area (Å²) < 4.78 is 44.3. The Kier molecular flexibility index (Phi) is 8.70. The van der Waals surface area contributed by atoms with Crippen molar-refractivity contribution in [2.45, 2.75) is 32.0 Å². The molecule has 0 atom stereocenters. The Morgan fingerprint density at radius 2 is 2.00 bits per heavy atom. The monoisotopic (exact) mass is 442 g/mol. The lowest BCUT2D eigenvalue weighted by atomic mass is 10.1. The number of ether oxygens (including phenoxy) is 1. The number of nitrogens with one attached hydrogen (secondary N) is 1. The molecule has 1 amide bonds. The number of carbonyl (C=O) groups is 1. The van der Waals surface area contributed by atoms with E-state index in [0.29, 0.717) is 6.04 Å². The molecule has 1 N–H and O–H groups in total. The Morgan fingerprint density at radius 3 is 2.60 bits per heavy atom. The average molecular weight is 443 g/mol. The normalized spacial score (nSPS) is 16.3. The van der Waals surface area contributed by atoms with Crippen LogP contribution in [0.15, 0.2) is 54.3 Å². The summed E-state index contributed by atoms with van der Waals surface area (Å²) in [4.78, 5) is 14.6. The molecule has 0 spiro atoms. The van der Waals surface area contributed by atoms with Gasteiger partial charge in [-0.05, 0) is 56.7 Å². The summed E-state index contributed by atoms with van der Waals surface area (Å²) in [5.74, 6) is -0.687. The predicted molar refractivity (Wildman–Crippen MR) is 112 cm³/mol. The zero-order chi connectivity index (χ0) is 22.3. The molecule has 1 aromatic rings. The lowest BCUT2D eigenvalue weighted by molar-refractivity contribution is -0.137. The molecule has 1 saturated heterocycles. The van der Waals surface area contributed by atoms with Gasteiger partial charge in [-0.2, -0.15) is 13.2 Å². The van der Waals surface area contributed by atoms with Gasteiger partial charge in [0.05, 0.1) is 10.6 Å². The van der Waals surface area contributed by atoms with E-state index in [1.807, 2.05) is 19.1 Å². The van der Waals surface area contributed by atoms with Crippen LogP contribution >= 0.6 is 11.6 Å². The topological polar surface area (TPSA) is 41.6 Å². The number of halogens is 4. The highest BCUT2D eigenvalue weighted by atomic mass is 35.5. The first kappa shape index (κ1) is 24.2. The number of allylic oxidation sites excluding steroid dienone is 2. The van der Waals surface area contributed by atoms with Gasteiger partial charge in [0, 0.05) is 37.1 Å². The Morgan fingerprint density at radius 1 is 1.33 bits per heavy atom. The highest BCUT2D eigenvalue weighted by Crippen LogP contribution is 2.35. The van der Waals surface area contributed by atoms with Gasteiger partial charge in [-0.15, -0.1) is 0 Å². The molecule has 0 bridgehead atoms. The number of alkyl halides is 3. The summed E-state index contributed by atoms with van der Waals surface area (Å²) in [6.45, 7) is 7.94. The fraction of sp³-hybridized carbons (Fsp3) is 0.409. The van der Waals surface area contributed by atoms with Gasteiger partial charge in [0.2, 0.25) is 0 Å². The second kappa shape index (κ2) is 10.8. The first-order valence-electron chi connectivity index (χ1n) is 9.60. The molecule has 2 rings (SSSR count). The quantitative estimate of drug-likeness (QED) is 0.589. The third kappa shape index (κ3) is 7.00. The van der Waals surface area contributed by atoms with Crippen LogP contribution in [0.3, 0.4) is 0 Å². The van der Waals surface area contributed by atoms with Crippen LogP contribution in [0.25, 0.3) is 0 Å². The number of likely N-dealkylation sites (N-methyl/N-ethyl adjacent to an activating group) is 1. The molecule has 4 nitrogen and oxygen atoms in total. The maximum Gasteiger partial charge on any atom is 0.417 e. The summed E-state index contributed by atoms with van der Waals surface area (Å²) >= 11 is 5.59. The van der Waals surface area contributed by atoms with Crippen LogP contribution < -0.4 is 5.32 Å². The van der Waals surface area contributed by atoms with E-state index in [1.54, 1.807) is 6.08 Å². The van der Waals surface area contributed by atoms with Gasteiger partial charge in [0.25, 0.3) is 5.91 Å². The second-order valence-corrected chi connectivity index (χ2v) is 7.53. The Hall–Kier alpha value is -2.09. The fourth-order valence-corrected chi connectivity index (χ4v) is 3.36. The summed E-state index contributed by atoms with van der Waals surface area (Å²) in [6, 6.07) is 3.48. The van der Waals surface area contributed by atoms with Crippen LogP contribution in [-0.2, 0) is 10.9 Å². The summed E-state index contributed by atoms with van der Waals surface area (Å²) in [5, 5.41) is 2.05. The molecule has 1 fully saturated rings. The molecule has 30 heavy (non-hydrogen) atoms. The highest BCUT2D eigenvalue weighted by Gasteiger charge is 2.33. The van der Waals surface area contributed by atoms with Gasteiger partial charge in [0.1, 0.15) is 0 Å². The molecule has 0 radical (unpaired) electrons. The molecular formula is C22H26ClF3N2O2. The van der Waals surface area contributed by atoms with E-state index >= 15 is 0 Å². The van der Waals surface area contributed by atoms with Gasteiger partial charge in [-0.1, -0.05) is 30.3 Å². The highest BCUT2D eigenvalue weighted by molar-refractivity contribution is 6.31. The number of amides is 1. The first-order chi connectivity index (χ1) is 14.1. The predicted octanol–water partition coefficient (Wildman–Crippen LogP) is 5.22. The lowest BCUT2D eigenvalue weighted by Crippen LogP contribution is -2.37. The lowest BCUT2D eigenvalue weighted by Gasteiger charge is -2.31. The van der Waals surface area contributed by atoms with Crippen molar-refractivity contribution >= 4 is 17.5 Å². The van der Waals surface area contributed by atoms with Crippen molar-refractivity contribution in [2.75, 3.05) is 26.8 Å². The van der Waals surface area contributed by atoms with Crippen molar-refractivity contribution in [1.82, 2.24) is 10.2 Å². The van der Waals surface area contributed by atoms with E-state index in [2.05, 4.69) is 23.8 Å². The fourth-order valence-electron chi connectivity index (χ4n) is 3.13. The van der Waals surface area contributed by atoms with Gasteiger partial charge in [-0.25, -0.2) is 0 Å². The van der Waals surface area contributed by atoms with Crippen LogP contribution in [0.4, 0.5) is 13.2 Å². The molecule has 164 valence electrons. The summed E-state index contributed by atoms with van der Waals surface area (Å²) in [6.07, 6.45) is 2.77. The van der Waals surface area contributed by atoms with Gasteiger partial charge in [0.15, 0.2) is 0 Å². The Balaban J connectivity index is 1.96. The van der Waals surface area contributed by atoms with E-state index in [0.717, 1.165) is 50.3 Å². The molecule has 1 aromatic carbocycles. The maximum absolute atomic E-state index is 13.0. The number of benzene rings is 1. The molecule has 1 heterocycles. The standard InChI is InChI=1S/C22H26ClF3N2O2/c1-4-16(14-28(3)18-9-11-30-12-10-18)6-5-15(2)27-21(29)17-7-8-20(23)19(13-17)22(24,25)26/h4-8,13,18H,2,9-12,14H2,1,3H3,(H,27,29)/b6-5-,16-4+. The molecule has 1 aliphatic rings. The SMILES string of the molecule is C=C(/C=C\C(=C/C)CN(C)C1CCOCC1)NC(=O)c1ccc(Cl)c(C(F)(F)F)c1. The van der Waals surface area contributed by atoms with Crippen LogP contribution in [0.5, 0.6) is 0 Å². The van der Waals surface area contributed by atoms with Crippen molar-refractivity contribution in [2.24, 2.45) is 0 Å². The van der Waals surface area contributed by atoms with Gasteiger partial charge in [-0.3, -0.25) is 9.69 Å². The van der Waals surface area contributed by atoms with Crippen molar-refractivity contribution in [3.05, 3.63) is 70.4 Å². The number of nitrogens with zero attached hydrogens (tertiary/aromatic N) is 1. The zero-order valence-electron chi connectivity index (χ0n) is 17.1. The molecule has 0 unspecified atom stereocenters. The van der Waals surface area contributed by atoms with Crippen LogP contribution in [-0.4, -0.2) is 43.7 Å². The number of hydrogen-bond acceptors (Lipinski definition) is 3. The second-order valence-electron chi connectivity index (χ2n) is 7.13. The molecule has 1 aliphatic heterocycles. The number of carbonyl (C=O) groups excluding carboxylic acids is 1. The Labute approximate surface area is 180 Å². The molecule has 0 aromatic heterocycles. The van der Waals surface area contributed by atoms with E-state index in [9.17, 15) is 18.0 Å². The number of rotatable bonds is 7. The minimum Gasteiger partial charge on any atom is -0.381 e. The van der Waals surface area contributed by atoms with Crippen molar-refractivity contribution < 1.29 is 22.7 Å². The third-order valence-corrected chi connectivity index (χ3v) is 5.25. The molecule has 0 aliphatic carbocycles. The van der Waals surface area contributed by atoms with E-state index in [-0.39, 0.29) is 11.3 Å². The van der Waals surface area contributed by atoms with Crippen LogP contribution in [0, 0.1) is 0 Å². The van der Waals surface area contributed by atoms with E-state index in [1.165, 1.54) is 6.07 Å². The maximum atomic E-state index is 13.0. The third-order valence-electron chi connectivity index (χ3n) is 4.92. The van der Waals surface area contributed by atoms with Crippen molar-refractivity contribution in [3.8, 4) is 0 Å². The Bertz CT molecular complexity index is 828. The summed E-state index contributed by atoms with van der Waals surface area (Å²) in [5.41, 5.74) is 0.110. The van der Waals surface area contributed by atoms with Gasteiger partial charge >= 0.3 is 6.18 Å². The van der Waals surface area contributed by atoms with E-state index in [4.69, 9.17) is 16.3 Å². The van der Waals surface area contributed by atoms with Crippen molar-refractivity contribution in [3.63, 3.8) is 0 Å². The molecule has 0 saturated carbocycles. The average Bonchev–Trinajstić information content (AvgIpc) is 2.70. The largest absolute Gasteiger partial charge is 0.417 e. The molecule has 8 heteroatoms. The van der Waals surface area contributed by atoms with E-state index < -0.39 is 22.7 Å². The van der Waals surface area contributed by atoms with Crippen molar-refractivity contribution in [1.29, 1.82) is 0 Å². The molecular weight excluding hydrogens is 417 g/mol. The number of hydrogen-bond donors (Lipinski definition) is 1. The summed E-state index contributed by atoms with van der Waals surface area (Å²) in [7, 11) is 2.06. The van der Waals surface area contributed by atoms with Crippen LogP contribution in [0.1, 0.15) is 35.7 Å². The minimum absolute atomic E-state index is 0.146. The van der Waals surface area contributed by atoms with Gasteiger partial charge < -0.3 is 10.1 Å². The van der Waals surface area contributed by atoms with Crippen LogP contribution in [0.2, 0.25) is 5.02 Å². The minimum atomic E-state index is -4.64. The first-order valence-corrected chi connectivity index (χ1v) is 9.98. The zero-order valence-corrected chi connectivity index (χ0v) is 17.8.